The van der Waals surface area contributed by atoms with E-state index in [9.17, 15) is 4.79 Å². The van der Waals surface area contributed by atoms with Crippen molar-refractivity contribution >= 4 is 5.97 Å². The molecular formula is C13H19NO2. The van der Waals surface area contributed by atoms with E-state index in [4.69, 9.17) is 10.5 Å². The maximum absolute atomic E-state index is 11.6. The number of hydrogen-bond acceptors (Lipinski definition) is 3. The molecule has 1 rings (SSSR count). The number of esters is 1. The second-order valence-corrected chi connectivity index (χ2v) is 4.65. The van der Waals surface area contributed by atoms with Crippen LogP contribution in [0.3, 0.4) is 0 Å². The van der Waals surface area contributed by atoms with Gasteiger partial charge in [-0.15, -0.1) is 0 Å². The van der Waals surface area contributed by atoms with E-state index >= 15 is 0 Å². The predicted molar refractivity (Wildman–Crippen MR) is 64.2 cm³/mol. The monoisotopic (exact) mass is 221 g/mol. The molecule has 0 heterocycles. The van der Waals surface area contributed by atoms with Crippen LogP contribution in [0.4, 0.5) is 0 Å². The molecule has 1 aromatic carbocycles. The first-order valence-corrected chi connectivity index (χ1v) is 5.47. The number of ether oxygens (including phenoxy) is 1. The van der Waals surface area contributed by atoms with Gasteiger partial charge in [-0.1, -0.05) is 32.0 Å². The van der Waals surface area contributed by atoms with Gasteiger partial charge in [0.15, 0.2) is 0 Å². The third-order valence-corrected chi connectivity index (χ3v) is 2.42. The summed E-state index contributed by atoms with van der Waals surface area (Å²) < 4.78 is 5.25. The largest absolute Gasteiger partial charge is 0.462 e. The van der Waals surface area contributed by atoms with E-state index in [2.05, 4.69) is 0 Å². The molecule has 0 aliphatic carbocycles. The Kier molecular flexibility index (Phi) is 4.50. The van der Waals surface area contributed by atoms with Crippen molar-refractivity contribution in [1.29, 1.82) is 0 Å². The highest BCUT2D eigenvalue weighted by atomic mass is 16.5. The van der Waals surface area contributed by atoms with Crippen LogP contribution < -0.4 is 5.73 Å². The van der Waals surface area contributed by atoms with Gasteiger partial charge in [-0.2, -0.15) is 0 Å². The molecule has 2 N–H and O–H groups in total. The lowest BCUT2D eigenvalue weighted by Gasteiger charge is -2.23. The fraction of sp³-hybridized carbons (Fsp3) is 0.462. The Morgan fingerprint density at radius 3 is 2.50 bits per heavy atom. The zero-order chi connectivity index (χ0) is 12.0. The molecule has 88 valence electrons. The molecule has 0 aliphatic rings. The molecule has 0 atom stereocenters. The van der Waals surface area contributed by atoms with Crippen LogP contribution in [0.5, 0.6) is 0 Å². The first-order chi connectivity index (χ1) is 7.55. The molecule has 3 heteroatoms. The summed E-state index contributed by atoms with van der Waals surface area (Å²) in [7, 11) is 0. The van der Waals surface area contributed by atoms with E-state index < -0.39 is 0 Å². The lowest BCUT2D eigenvalue weighted by atomic mass is 9.91. The number of carbonyl (C=O) groups excluding carboxylic acids is 1. The van der Waals surface area contributed by atoms with E-state index in [1.54, 1.807) is 12.1 Å². The fourth-order valence-corrected chi connectivity index (χ4v) is 1.38. The van der Waals surface area contributed by atoms with E-state index in [0.717, 1.165) is 6.42 Å². The Morgan fingerprint density at radius 1 is 1.31 bits per heavy atom. The van der Waals surface area contributed by atoms with Crippen molar-refractivity contribution in [2.45, 2.75) is 20.3 Å². The van der Waals surface area contributed by atoms with Gasteiger partial charge in [0.1, 0.15) is 0 Å². The summed E-state index contributed by atoms with van der Waals surface area (Å²) in [6.07, 6.45) is 0.842. The number of hydrogen-bond donors (Lipinski definition) is 1. The molecule has 16 heavy (non-hydrogen) atoms. The standard InChI is InChI=1S/C13H19NO2/c1-13(2,8-9-14)10-16-12(15)11-6-4-3-5-7-11/h3-7H,8-10,14H2,1-2H3. The van der Waals surface area contributed by atoms with Gasteiger partial charge in [-0.25, -0.2) is 4.79 Å². The zero-order valence-corrected chi connectivity index (χ0v) is 9.90. The van der Waals surface area contributed by atoms with Crippen LogP contribution in [0.25, 0.3) is 0 Å². The Labute approximate surface area is 96.6 Å². The molecule has 0 fully saturated rings. The second kappa shape index (κ2) is 5.66. The van der Waals surface area contributed by atoms with Gasteiger partial charge in [-0.05, 0) is 25.1 Å². The van der Waals surface area contributed by atoms with Crippen LogP contribution in [0.2, 0.25) is 0 Å². The van der Waals surface area contributed by atoms with Gasteiger partial charge in [0.25, 0.3) is 0 Å². The Balaban J connectivity index is 2.48. The molecule has 3 nitrogen and oxygen atoms in total. The van der Waals surface area contributed by atoms with Crippen LogP contribution in [-0.4, -0.2) is 19.1 Å². The van der Waals surface area contributed by atoms with E-state index in [1.165, 1.54) is 0 Å². The average Bonchev–Trinajstić information content (AvgIpc) is 2.27. The van der Waals surface area contributed by atoms with Crippen molar-refractivity contribution in [2.24, 2.45) is 11.1 Å². The van der Waals surface area contributed by atoms with Gasteiger partial charge in [0.05, 0.1) is 12.2 Å². The van der Waals surface area contributed by atoms with Crippen LogP contribution in [0.1, 0.15) is 30.6 Å². The van der Waals surface area contributed by atoms with E-state index in [-0.39, 0.29) is 11.4 Å². The molecule has 1 aromatic rings. The first-order valence-electron chi connectivity index (χ1n) is 5.47. The van der Waals surface area contributed by atoms with Crippen molar-refractivity contribution in [2.75, 3.05) is 13.2 Å². The molecule has 0 bridgehead atoms. The zero-order valence-electron chi connectivity index (χ0n) is 9.90. The number of rotatable bonds is 5. The Morgan fingerprint density at radius 2 is 1.94 bits per heavy atom. The predicted octanol–water partition coefficient (Wildman–Crippen LogP) is 2.22. The lowest BCUT2D eigenvalue weighted by Crippen LogP contribution is -2.24. The molecule has 0 aromatic heterocycles. The van der Waals surface area contributed by atoms with Gasteiger partial charge in [-0.3, -0.25) is 0 Å². The average molecular weight is 221 g/mol. The highest BCUT2D eigenvalue weighted by molar-refractivity contribution is 5.89. The maximum atomic E-state index is 11.6. The van der Waals surface area contributed by atoms with Crippen molar-refractivity contribution in [3.05, 3.63) is 35.9 Å². The summed E-state index contributed by atoms with van der Waals surface area (Å²) in [5.74, 6) is -0.273. The molecule has 0 spiro atoms. The second-order valence-electron chi connectivity index (χ2n) is 4.65. The number of benzene rings is 1. The SMILES string of the molecule is CC(C)(CCN)COC(=O)c1ccccc1. The van der Waals surface area contributed by atoms with Crippen LogP contribution >= 0.6 is 0 Å². The summed E-state index contributed by atoms with van der Waals surface area (Å²) in [4.78, 5) is 11.6. The minimum atomic E-state index is -0.273. The van der Waals surface area contributed by atoms with Crippen LogP contribution in [0, 0.1) is 5.41 Å². The summed E-state index contributed by atoms with van der Waals surface area (Å²) >= 11 is 0. The van der Waals surface area contributed by atoms with Crippen molar-refractivity contribution in [3.8, 4) is 0 Å². The fourth-order valence-electron chi connectivity index (χ4n) is 1.38. The Bertz CT molecular complexity index is 333. The van der Waals surface area contributed by atoms with Crippen molar-refractivity contribution in [1.82, 2.24) is 0 Å². The van der Waals surface area contributed by atoms with Gasteiger partial charge < -0.3 is 10.5 Å². The Hall–Kier alpha value is -1.35. The molecule has 0 radical (unpaired) electrons. The highest BCUT2D eigenvalue weighted by Gasteiger charge is 2.19. The third kappa shape index (κ3) is 4.03. The summed E-state index contributed by atoms with van der Waals surface area (Å²) in [5, 5.41) is 0. The van der Waals surface area contributed by atoms with Gasteiger partial charge >= 0.3 is 5.97 Å². The van der Waals surface area contributed by atoms with Gasteiger partial charge in [0, 0.05) is 5.41 Å². The van der Waals surface area contributed by atoms with Crippen molar-refractivity contribution < 1.29 is 9.53 Å². The first kappa shape index (κ1) is 12.7. The summed E-state index contributed by atoms with van der Waals surface area (Å²) in [5.41, 5.74) is 6.02. The van der Waals surface area contributed by atoms with Crippen LogP contribution in [0.15, 0.2) is 30.3 Å². The smallest absolute Gasteiger partial charge is 0.338 e. The molecular weight excluding hydrogens is 202 g/mol. The number of carbonyl (C=O) groups is 1. The summed E-state index contributed by atoms with van der Waals surface area (Å²) in [6.45, 7) is 5.09. The van der Waals surface area contributed by atoms with Gasteiger partial charge in [0.2, 0.25) is 0 Å². The van der Waals surface area contributed by atoms with E-state index in [0.29, 0.717) is 18.7 Å². The van der Waals surface area contributed by atoms with Crippen molar-refractivity contribution in [3.63, 3.8) is 0 Å². The lowest BCUT2D eigenvalue weighted by molar-refractivity contribution is 0.0331. The van der Waals surface area contributed by atoms with E-state index in [1.807, 2.05) is 32.0 Å². The third-order valence-electron chi connectivity index (χ3n) is 2.42. The minimum Gasteiger partial charge on any atom is -0.462 e. The normalized spacial score (nSPS) is 11.2. The number of nitrogens with two attached hydrogens (primary N) is 1. The minimum absolute atomic E-state index is 0.0564. The summed E-state index contributed by atoms with van der Waals surface area (Å²) in [6, 6.07) is 9.01. The molecule has 0 amide bonds. The molecule has 0 unspecified atom stereocenters. The quantitative estimate of drug-likeness (QED) is 0.776. The molecule has 0 aliphatic heterocycles. The topological polar surface area (TPSA) is 52.3 Å². The van der Waals surface area contributed by atoms with Crippen LogP contribution in [-0.2, 0) is 4.74 Å². The molecule has 0 saturated carbocycles. The highest BCUT2D eigenvalue weighted by Crippen LogP contribution is 2.20. The maximum Gasteiger partial charge on any atom is 0.338 e. The molecule has 0 saturated heterocycles.